The molecule has 0 fully saturated rings. The summed E-state index contributed by atoms with van der Waals surface area (Å²) in [6.07, 6.45) is 1.86. The summed E-state index contributed by atoms with van der Waals surface area (Å²) in [5.41, 5.74) is 0.725. The second-order valence-electron chi connectivity index (χ2n) is 4.13. The molecule has 1 atom stereocenters. The fourth-order valence-corrected chi connectivity index (χ4v) is 3.08. The molecule has 0 aliphatic carbocycles. The van der Waals surface area contributed by atoms with Crippen molar-refractivity contribution in [1.29, 1.82) is 0 Å². The van der Waals surface area contributed by atoms with Gasteiger partial charge in [-0.15, -0.1) is 11.3 Å². The number of halogens is 2. The highest BCUT2D eigenvalue weighted by molar-refractivity contribution is 9.10. The smallest absolute Gasteiger partial charge is 0.128 e. The van der Waals surface area contributed by atoms with Crippen molar-refractivity contribution < 1.29 is 4.39 Å². The number of aryl methyl sites for hydroxylation is 1. The Bertz CT molecular complexity index is 499. The molecule has 1 nitrogen and oxygen atoms in total. The van der Waals surface area contributed by atoms with Crippen molar-refractivity contribution in [1.82, 2.24) is 5.32 Å². The predicted octanol–water partition coefficient (Wildman–Crippen LogP) is 4.54. The van der Waals surface area contributed by atoms with Crippen molar-refractivity contribution >= 4 is 27.3 Å². The monoisotopic (exact) mass is 327 g/mol. The summed E-state index contributed by atoms with van der Waals surface area (Å²) in [6.45, 7) is 0. The molecule has 0 spiro atoms. The molecule has 0 saturated carbocycles. The highest BCUT2D eigenvalue weighted by atomic mass is 79.9. The van der Waals surface area contributed by atoms with Crippen molar-refractivity contribution in [2.75, 3.05) is 7.05 Å². The van der Waals surface area contributed by atoms with Gasteiger partial charge in [-0.3, -0.25) is 0 Å². The maximum Gasteiger partial charge on any atom is 0.128 e. The van der Waals surface area contributed by atoms with E-state index in [4.69, 9.17) is 0 Å². The molecule has 0 aliphatic heterocycles. The lowest BCUT2D eigenvalue weighted by Crippen LogP contribution is -2.18. The second-order valence-corrected chi connectivity index (χ2v) is 6.07. The Morgan fingerprint density at radius 1 is 1.39 bits per heavy atom. The fourth-order valence-electron chi connectivity index (χ4n) is 1.98. The molecule has 1 aromatic carbocycles. The standard InChI is InChI=1S/C14H15BrFNS/c1-17-14(7-5-11-3-2-8-18-11)12-9-10(15)4-6-13(12)16/h2-4,6,8-9,14,17H,5,7H2,1H3. The topological polar surface area (TPSA) is 12.0 Å². The van der Waals surface area contributed by atoms with Gasteiger partial charge in [-0.2, -0.15) is 0 Å². The summed E-state index contributed by atoms with van der Waals surface area (Å²) < 4.78 is 14.7. The van der Waals surface area contributed by atoms with Crippen LogP contribution in [0.5, 0.6) is 0 Å². The largest absolute Gasteiger partial charge is 0.313 e. The summed E-state index contributed by atoms with van der Waals surface area (Å²) in [5, 5.41) is 5.27. The molecule has 0 amide bonds. The lowest BCUT2D eigenvalue weighted by Gasteiger charge is -2.17. The van der Waals surface area contributed by atoms with Crippen molar-refractivity contribution in [2.45, 2.75) is 18.9 Å². The summed E-state index contributed by atoms with van der Waals surface area (Å²) in [6, 6.07) is 9.30. The minimum atomic E-state index is -0.149. The van der Waals surface area contributed by atoms with Crippen molar-refractivity contribution in [3.63, 3.8) is 0 Å². The van der Waals surface area contributed by atoms with Crippen molar-refractivity contribution in [3.05, 3.63) is 56.4 Å². The summed E-state index contributed by atoms with van der Waals surface area (Å²) >= 11 is 5.14. The molecule has 0 radical (unpaired) electrons. The minimum Gasteiger partial charge on any atom is -0.313 e. The molecular weight excluding hydrogens is 313 g/mol. The molecule has 0 bridgehead atoms. The normalized spacial score (nSPS) is 12.6. The van der Waals surface area contributed by atoms with Gasteiger partial charge in [-0.25, -0.2) is 4.39 Å². The van der Waals surface area contributed by atoms with Crippen LogP contribution in [-0.2, 0) is 6.42 Å². The Balaban J connectivity index is 2.10. The fraction of sp³-hybridized carbons (Fsp3) is 0.286. The second kappa shape index (κ2) is 6.45. The van der Waals surface area contributed by atoms with Gasteiger partial charge in [0.1, 0.15) is 5.82 Å². The maximum atomic E-state index is 13.8. The number of nitrogens with one attached hydrogen (secondary N) is 1. The molecule has 2 aromatic rings. The Hall–Kier alpha value is -0.710. The highest BCUT2D eigenvalue weighted by Crippen LogP contribution is 2.25. The van der Waals surface area contributed by atoms with Crippen LogP contribution in [0.1, 0.15) is 22.9 Å². The van der Waals surface area contributed by atoms with Gasteiger partial charge in [-0.05, 0) is 49.5 Å². The van der Waals surface area contributed by atoms with Crippen LogP contribution in [0, 0.1) is 5.82 Å². The number of hydrogen-bond donors (Lipinski definition) is 1. The zero-order valence-corrected chi connectivity index (χ0v) is 12.5. The molecule has 18 heavy (non-hydrogen) atoms. The third-order valence-corrected chi connectivity index (χ3v) is 4.37. The van der Waals surface area contributed by atoms with Gasteiger partial charge in [0.15, 0.2) is 0 Å². The molecule has 96 valence electrons. The number of hydrogen-bond acceptors (Lipinski definition) is 2. The van der Waals surface area contributed by atoms with E-state index in [2.05, 4.69) is 32.7 Å². The molecule has 1 aromatic heterocycles. The van der Waals surface area contributed by atoms with Gasteiger partial charge in [0.2, 0.25) is 0 Å². The molecule has 2 rings (SSSR count). The van der Waals surface area contributed by atoms with Crippen LogP contribution < -0.4 is 5.32 Å². The van der Waals surface area contributed by atoms with Gasteiger partial charge in [0, 0.05) is 21.0 Å². The predicted molar refractivity (Wildman–Crippen MR) is 78.5 cm³/mol. The Morgan fingerprint density at radius 2 is 2.22 bits per heavy atom. The van der Waals surface area contributed by atoms with Crippen LogP contribution in [-0.4, -0.2) is 7.05 Å². The van der Waals surface area contributed by atoms with Crippen molar-refractivity contribution in [2.24, 2.45) is 0 Å². The molecule has 1 N–H and O–H groups in total. The van der Waals surface area contributed by atoms with Crippen LogP contribution in [0.2, 0.25) is 0 Å². The Morgan fingerprint density at radius 3 is 2.89 bits per heavy atom. The van der Waals surface area contributed by atoms with Gasteiger partial charge in [0.25, 0.3) is 0 Å². The van der Waals surface area contributed by atoms with Gasteiger partial charge in [0.05, 0.1) is 0 Å². The zero-order chi connectivity index (χ0) is 13.0. The molecule has 1 unspecified atom stereocenters. The third kappa shape index (κ3) is 3.40. The van der Waals surface area contributed by atoms with E-state index in [0.717, 1.165) is 22.9 Å². The quantitative estimate of drug-likeness (QED) is 0.849. The number of thiophene rings is 1. The van der Waals surface area contributed by atoms with E-state index in [0.29, 0.717) is 0 Å². The van der Waals surface area contributed by atoms with E-state index in [1.807, 2.05) is 19.2 Å². The van der Waals surface area contributed by atoms with E-state index in [-0.39, 0.29) is 11.9 Å². The van der Waals surface area contributed by atoms with Crippen LogP contribution >= 0.6 is 27.3 Å². The first-order chi connectivity index (χ1) is 8.70. The minimum absolute atomic E-state index is 0.0459. The first kappa shape index (κ1) is 13.7. The van der Waals surface area contributed by atoms with Crippen LogP contribution in [0.3, 0.4) is 0 Å². The van der Waals surface area contributed by atoms with E-state index >= 15 is 0 Å². The molecule has 0 saturated heterocycles. The SMILES string of the molecule is CNC(CCc1cccs1)c1cc(Br)ccc1F. The lowest BCUT2D eigenvalue weighted by atomic mass is 10.0. The van der Waals surface area contributed by atoms with E-state index in [1.54, 1.807) is 17.4 Å². The summed E-state index contributed by atoms with van der Waals surface area (Å²) in [4.78, 5) is 1.34. The van der Waals surface area contributed by atoms with Crippen molar-refractivity contribution in [3.8, 4) is 0 Å². The number of rotatable bonds is 5. The molecule has 4 heteroatoms. The van der Waals surface area contributed by atoms with Crippen LogP contribution in [0.25, 0.3) is 0 Å². The van der Waals surface area contributed by atoms with E-state index < -0.39 is 0 Å². The Labute approximate surface area is 119 Å². The molecule has 0 aliphatic rings. The van der Waals surface area contributed by atoms with Crippen LogP contribution in [0.15, 0.2) is 40.2 Å². The first-order valence-corrected chi connectivity index (χ1v) is 7.52. The van der Waals surface area contributed by atoms with E-state index in [9.17, 15) is 4.39 Å². The zero-order valence-electron chi connectivity index (χ0n) is 10.1. The van der Waals surface area contributed by atoms with Gasteiger partial charge < -0.3 is 5.32 Å². The van der Waals surface area contributed by atoms with Gasteiger partial charge in [-0.1, -0.05) is 22.0 Å². The van der Waals surface area contributed by atoms with Gasteiger partial charge >= 0.3 is 0 Å². The highest BCUT2D eigenvalue weighted by Gasteiger charge is 2.14. The summed E-state index contributed by atoms with van der Waals surface area (Å²) in [7, 11) is 1.87. The lowest BCUT2D eigenvalue weighted by molar-refractivity contribution is 0.509. The maximum absolute atomic E-state index is 13.8. The molecule has 1 heterocycles. The average molecular weight is 328 g/mol. The number of benzene rings is 1. The third-order valence-electron chi connectivity index (χ3n) is 2.94. The van der Waals surface area contributed by atoms with E-state index in [1.165, 1.54) is 10.9 Å². The van der Waals surface area contributed by atoms with Crippen LogP contribution in [0.4, 0.5) is 4.39 Å². The average Bonchev–Trinajstić information content (AvgIpc) is 2.87. The summed E-state index contributed by atoms with van der Waals surface area (Å²) in [5.74, 6) is -0.149. The first-order valence-electron chi connectivity index (χ1n) is 5.85. The molecular formula is C14H15BrFNS. The Kier molecular flexibility index (Phi) is 4.92.